The second-order valence-corrected chi connectivity index (χ2v) is 5.30. The van der Waals surface area contributed by atoms with Gasteiger partial charge in [0.15, 0.2) is 0 Å². The van der Waals surface area contributed by atoms with E-state index in [0.717, 1.165) is 5.92 Å². The molecule has 1 aromatic carbocycles. The molecular formula is C13H18ClN3O. The Hall–Kier alpha value is -1.26. The Kier molecular flexibility index (Phi) is 4.09. The highest BCUT2D eigenvalue weighted by atomic mass is 35.5. The maximum Gasteiger partial charge on any atom is 0.253 e. The molecule has 2 rings (SSSR count). The molecule has 1 unspecified atom stereocenters. The van der Waals surface area contributed by atoms with Gasteiger partial charge in [0.1, 0.15) is 0 Å². The van der Waals surface area contributed by atoms with Crippen LogP contribution < -0.4 is 16.6 Å². The Labute approximate surface area is 112 Å². The van der Waals surface area contributed by atoms with E-state index in [9.17, 15) is 4.79 Å². The standard InChI is InChI=1S/C13H18ClN3O/c1-8(9-2-3-9)7-16-13(18)11-6-10(14)4-5-12(11)17-15/h4-6,8-9,17H,2-3,7,15H2,1H3,(H,16,18). The number of amides is 1. The third kappa shape index (κ3) is 3.15. The van der Waals surface area contributed by atoms with Crippen molar-refractivity contribution in [2.24, 2.45) is 17.7 Å². The van der Waals surface area contributed by atoms with E-state index < -0.39 is 0 Å². The summed E-state index contributed by atoms with van der Waals surface area (Å²) >= 11 is 5.89. The van der Waals surface area contributed by atoms with Crippen LogP contribution in [0.2, 0.25) is 5.02 Å². The Morgan fingerprint density at radius 3 is 2.89 bits per heavy atom. The summed E-state index contributed by atoms with van der Waals surface area (Å²) in [7, 11) is 0. The number of halogens is 1. The van der Waals surface area contributed by atoms with Gasteiger partial charge in [-0.05, 0) is 42.9 Å². The van der Waals surface area contributed by atoms with Gasteiger partial charge in [0.25, 0.3) is 5.91 Å². The molecule has 0 radical (unpaired) electrons. The van der Waals surface area contributed by atoms with Crippen LogP contribution in [0, 0.1) is 11.8 Å². The largest absolute Gasteiger partial charge is 0.352 e. The van der Waals surface area contributed by atoms with E-state index in [1.807, 2.05) is 0 Å². The first-order valence-electron chi connectivity index (χ1n) is 6.16. The lowest BCUT2D eigenvalue weighted by molar-refractivity contribution is 0.0947. The number of hydrogen-bond acceptors (Lipinski definition) is 3. The van der Waals surface area contributed by atoms with E-state index in [4.69, 9.17) is 17.4 Å². The highest BCUT2D eigenvalue weighted by Crippen LogP contribution is 2.36. The maximum absolute atomic E-state index is 12.1. The zero-order chi connectivity index (χ0) is 13.1. The van der Waals surface area contributed by atoms with Gasteiger partial charge >= 0.3 is 0 Å². The van der Waals surface area contributed by atoms with E-state index in [0.29, 0.717) is 28.7 Å². The van der Waals surface area contributed by atoms with Crippen molar-refractivity contribution in [3.05, 3.63) is 28.8 Å². The lowest BCUT2D eigenvalue weighted by atomic mass is 10.1. The Balaban J connectivity index is 2.00. The summed E-state index contributed by atoms with van der Waals surface area (Å²) in [6.07, 6.45) is 2.56. The Morgan fingerprint density at radius 2 is 2.28 bits per heavy atom. The zero-order valence-electron chi connectivity index (χ0n) is 10.4. The van der Waals surface area contributed by atoms with Crippen LogP contribution in [0.5, 0.6) is 0 Å². The smallest absolute Gasteiger partial charge is 0.253 e. The number of nitrogens with one attached hydrogen (secondary N) is 2. The molecule has 0 bridgehead atoms. The number of rotatable bonds is 5. The molecule has 1 aliphatic rings. The molecule has 1 fully saturated rings. The number of nitrogen functional groups attached to an aromatic ring is 1. The van der Waals surface area contributed by atoms with Gasteiger partial charge in [-0.1, -0.05) is 18.5 Å². The van der Waals surface area contributed by atoms with E-state index in [-0.39, 0.29) is 5.91 Å². The number of hydrazine groups is 1. The molecule has 1 saturated carbocycles. The van der Waals surface area contributed by atoms with E-state index in [1.165, 1.54) is 12.8 Å². The SMILES string of the molecule is CC(CNC(=O)c1cc(Cl)ccc1NN)C1CC1. The molecule has 18 heavy (non-hydrogen) atoms. The van der Waals surface area contributed by atoms with Gasteiger partial charge < -0.3 is 10.7 Å². The van der Waals surface area contributed by atoms with Gasteiger partial charge in [-0.25, -0.2) is 0 Å². The first-order chi connectivity index (χ1) is 8.61. The molecule has 4 N–H and O–H groups in total. The molecule has 1 aliphatic carbocycles. The van der Waals surface area contributed by atoms with Crippen LogP contribution in [0.1, 0.15) is 30.1 Å². The average molecular weight is 268 g/mol. The molecule has 1 amide bonds. The van der Waals surface area contributed by atoms with Gasteiger partial charge in [0.05, 0.1) is 11.3 Å². The third-order valence-corrected chi connectivity index (χ3v) is 3.63. The van der Waals surface area contributed by atoms with Crippen molar-refractivity contribution in [1.82, 2.24) is 5.32 Å². The molecule has 98 valence electrons. The van der Waals surface area contributed by atoms with Crippen molar-refractivity contribution < 1.29 is 4.79 Å². The molecule has 4 nitrogen and oxygen atoms in total. The van der Waals surface area contributed by atoms with Crippen LogP contribution in [0.3, 0.4) is 0 Å². The minimum Gasteiger partial charge on any atom is -0.352 e. The van der Waals surface area contributed by atoms with Crippen LogP contribution in [0.25, 0.3) is 0 Å². The number of nitrogens with two attached hydrogens (primary N) is 1. The topological polar surface area (TPSA) is 67.2 Å². The monoisotopic (exact) mass is 267 g/mol. The summed E-state index contributed by atoms with van der Waals surface area (Å²) in [5.74, 6) is 6.54. The fourth-order valence-electron chi connectivity index (χ4n) is 2.01. The average Bonchev–Trinajstić information content (AvgIpc) is 3.19. The van der Waals surface area contributed by atoms with Gasteiger partial charge in [-0.3, -0.25) is 10.6 Å². The fraction of sp³-hybridized carbons (Fsp3) is 0.462. The summed E-state index contributed by atoms with van der Waals surface area (Å²) in [4.78, 5) is 12.1. The van der Waals surface area contributed by atoms with Crippen molar-refractivity contribution in [2.45, 2.75) is 19.8 Å². The van der Waals surface area contributed by atoms with Crippen LogP contribution in [-0.2, 0) is 0 Å². The highest BCUT2D eigenvalue weighted by molar-refractivity contribution is 6.31. The zero-order valence-corrected chi connectivity index (χ0v) is 11.1. The van der Waals surface area contributed by atoms with Gasteiger partial charge in [0, 0.05) is 11.6 Å². The Bertz CT molecular complexity index is 446. The lowest BCUT2D eigenvalue weighted by Crippen LogP contribution is -2.30. The van der Waals surface area contributed by atoms with Gasteiger partial charge in [-0.2, -0.15) is 0 Å². The number of hydrogen-bond donors (Lipinski definition) is 3. The minimum absolute atomic E-state index is 0.141. The molecule has 1 aromatic rings. The maximum atomic E-state index is 12.1. The van der Waals surface area contributed by atoms with E-state index in [1.54, 1.807) is 18.2 Å². The van der Waals surface area contributed by atoms with E-state index >= 15 is 0 Å². The summed E-state index contributed by atoms with van der Waals surface area (Å²) in [5, 5.41) is 3.45. The summed E-state index contributed by atoms with van der Waals surface area (Å²) < 4.78 is 0. The molecular weight excluding hydrogens is 250 g/mol. The van der Waals surface area contributed by atoms with Gasteiger partial charge in [-0.15, -0.1) is 0 Å². The fourth-order valence-corrected chi connectivity index (χ4v) is 2.18. The molecule has 0 aliphatic heterocycles. The second-order valence-electron chi connectivity index (χ2n) is 4.86. The lowest BCUT2D eigenvalue weighted by Gasteiger charge is -2.13. The van der Waals surface area contributed by atoms with E-state index in [2.05, 4.69) is 17.7 Å². The second kappa shape index (κ2) is 5.59. The van der Waals surface area contributed by atoms with Crippen molar-refractivity contribution in [1.29, 1.82) is 0 Å². The highest BCUT2D eigenvalue weighted by Gasteiger charge is 2.28. The van der Waals surface area contributed by atoms with Crippen molar-refractivity contribution in [2.75, 3.05) is 12.0 Å². The molecule has 0 aromatic heterocycles. The predicted molar refractivity (Wildman–Crippen MR) is 73.5 cm³/mol. The molecule has 0 heterocycles. The normalized spacial score (nSPS) is 16.2. The minimum atomic E-state index is -0.141. The summed E-state index contributed by atoms with van der Waals surface area (Å²) in [6.45, 7) is 2.86. The van der Waals surface area contributed by atoms with Crippen molar-refractivity contribution in [3.63, 3.8) is 0 Å². The first-order valence-corrected chi connectivity index (χ1v) is 6.54. The number of anilines is 1. The van der Waals surface area contributed by atoms with Crippen LogP contribution in [-0.4, -0.2) is 12.5 Å². The van der Waals surface area contributed by atoms with Gasteiger partial charge in [0.2, 0.25) is 0 Å². The Morgan fingerprint density at radius 1 is 1.56 bits per heavy atom. The number of benzene rings is 1. The summed E-state index contributed by atoms with van der Waals surface area (Å²) in [5.41, 5.74) is 3.57. The van der Waals surface area contributed by atoms with Crippen molar-refractivity contribution >= 4 is 23.2 Å². The molecule has 0 spiro atoms. The molecule has 5 heteroatoms. The first kappa shape index (κ1) is 13.2. The number of carbonyl (C=O) groups is 1. The summed E-state index contributed by atoms with van der Waals surface area (Å²) in [6, 6.07) is 5.01. The van der Waals surface area contributed by atoms with Crippen LogP contribution in [0.4, 0.5) is 5.69 Å². The van der Waals surface area contributed by atoms with Crippen LogP contribution in [0.15, 0.2) is 18.2 Å². The number of carbonyl (C=O) groups excluding carboxylic acids is 1. The molecule has 1 atom stereocenters. The predicted octanol–water partition coefficient (Wildman–Crippen LogP) is 2.40. The van der Waals surface area contributed by atoms with Crippen LogP contribution >= 0.6 is 11.6 Å². The molecule has 0 saturated heterocycles. The quantitative estimate of drug-likeness (QED) is 0.567. The van der Waals surface area contributed by atoms with Crippen molar-refractivity contribution in [3.8, 4) is 0 Å². The third-order valence-electron chi connectivity index (χ3n) is 3.39.